The van der Waals surface area contributed by atoms with Crippen molar-refractivity contribution < 1.29 is 17.9 Å². The third kappa shape index (κ3) is 3.07. The van der Waals surface area contributed by atoms with Crippen LogP contribution in [0.4, 0.5) is 0 Å². The molecule has 1 aliphatic rings. The highest BCUT2D eigenvalue weighted by Crippen LogP contribution is 2.28. The van der Waals surface area contributed by atoms with E-state index >= 15 is 0 Å². The van der Waals surface area contributed by atoms with Crippen molar-refractivity contribution in [2.45, 2.75) is 30.6 Å². The minimum Gasteiger partial charge on any atom is -0.458 e. The number of hydrogen-bond acceptors (Lipinski definition) is 5. The van der Waals surface area contributed by atoms with Gasteiger partial charge in [0.25, 0.3) is 0 Å². The molecule has 0 spiro atoms. The van der Waals surface area contributed by atoms with Gasteiger partial charge in [0.05, 0.1) is 5.25 Å². The van der Waals surface area contributed by atoms with Crippen LogP contribution in [0.15, 0.2) is 17.5 Å². The van der Waals surface area contributed by atoms with Gasteiger partial charge < -0.3 is 4.74 Å². The van der Waals surface area contributed by atoms with Gasteiger partial charge in [0.15, 0.2) is 0 Å². The van der Waals surface area contributed by atoms with Crippen molar-refractivity contribution in [3.8, 4) is 0 Å². The van der Waals surface area contributed by atoms with E-state index in [0.29, 0.717) is 24.1 Å². The van der Waals surface area contributed by atoms with Crippen molar-refractivity contribution in [1.29, 1.82) is 0 Å². The zero-order valence-corrected chi connectivity index (χ0v) is 11.1. The second kappa shape index (κ2) is 4.78. The molecule has 4 nitrogen and oxygen atoms in total. The van der Waals surface area contributed by atoms with Gasteiger partial charge in [-0.15, -0.1) is 11.3 Å². The number of ether oxygens (including phenoxy) is 1. The Kier molecular flexibility index (Phi) is 3.53. The molecule has 94 valence electrons. The number of thiophene rings is 1. The summed E-state index contributed by atoms with van der Waals surface area (Å²) in [6, 6.07) is 3.49. The van der Waals surface area contributed by atoms with Crippen LogP contribution in [-0.2, 0) is 14.6 Å². The maximum atomic E-state index is 11.7. The lowest BCUT2D eigenvalue weighted by molar-refractivity contribution is 0.0324. The molecule has 2 atom stereocenters. The van der Waals surface area contributed by atoms with Gasteiger partial charge in [-0.25, -0.2) is 13.2 Å². The quantitative estimate of drug-likeness (QED) is 0.789. The first-order chi connectivity index (χ1) is 7.97. The van der Waals surface area contributed by atoms with E-state index in [1.807, 2.05) is 5.38 Å². The highest BCUT2D eigenvalue weighted by molar-refractivity contribution is 7.91. The van der Waals surface area contributed by atoms with Crippen LogP contribution < -0.4 is 0 Å². The summed E-state index contributed by atoms with van der Waals surface area (Å²) in [5.74, 6) is -0.348. The molecule has 1 heterocycles. The van der Waals surface area contributed by atoms with Crippen LogP contribution in [0.2, 0.25) is 0 Å². The lowest BCUT2D eigenvalue weighted by Gasteiger charge is -2.11. The molecular weight excluding hydrogens is 260 g/mol. The summed E-state index contributed by atoms with van der Waals surface area (Å²) in [6.45, 7) is 0. The van der Waals surface area contributed by atoms with Crippen LogP contribution in [0, 0.1) is 0 Å². The molecule has 0 aliphatic heterocycles. The Balaban J connectivity index is 1.93. The molecule has 1 aliphatic carbocycles. The highest BCUT2D eigenvalue weighted by Gasteiger charge is 2.33. The van der Waals surface area contributed by atoms with E-state index in [9.17, 15) is 13.2 Å². The topological polar surface area (TPSA) is 60.4 Å². The summed E-state index contributed by atoms with van der Waals surface area (Å²) < 4.78 is 28.0. The van der Waals surface area contributed by atoms with E-state index in [4.69, 9.17) is 4.74 Å². The smallest absolute Gasteiger partial charge is 0.348 e. The van der Waals surface area contributed by atoms with Crippen molar-refractivity contribution in [3.05, 3.63) is 22.4 Å². The lowest BCUT2D eigenvalue weighted by Crippen LogP contribution is -2.19. The SMILES string of the molecule is CS(=O)(=O)[C@@H]1CC[C@H](OC(=O)c2cccs2)C1. The first-order valence-electron chi connectivity index (χ1n) is 5.40. The predicted octanol–water partition coefficient (Wildman–Crippen LogP) is 1.87. The molecule has 0 radical (unpaired) electrons. The third-order valence-corrected chi connectivity index (χ3v) is 5.43. The molecule has 0 unspecified atom stereocenters. The second-order valence-corrected chi connectivity index (χ2v) is 7.54. The first kappa shape index (κ1) is 12.6. The predicted molar refractivity (Wildman–Crippen MR) is 66.0 cm³/mol. The monoisotopic (exact) mass is 274 g/mol. The fraction of sp³-hybridized carbons (Fsp3) is 0.545. The number of sulfone groups is 1. The molecule has 6 heteroatoms. The first-order valence-corrected chi connectivity index (χ1v) is 8.23. The van der Waals surface area contributed by atoms with Gasteiger partial charge in [-0.05, 0) is 24.3 Å². The Bertz CT molecular complexity index is 490. The zero-order chi connectivity index (χ0) is 12.5. The Morgan fingerprint density at radius 1 is 1.47 bits per heavy atom. The fourth-order valence-corrected chi connectivity index (χ4v) is 3.73. The van der Waals surface area contributed by atoms with Crippen LogP contribution >= 0.6 is 11.3 Å². The summed E-state index contributed by atoms with van der Waals surface area (Å²) in [4.78, 5) is 12.2. The van der Waals surface area contributed by atoms with Crippen molar-refractivity contribution in [2.75, 3.05) is 6.26 Å². The van der Waals surface area contributed by atoms with Gasteiger partial charge in [0, 0.05) is 12.7 Å². The fourth-order valence-electron chi connectivity index (χ4n) is 2.00. The van der Waals surface area contributed by atoms with E-state index < -0.39 is 9.84 Å². The Morgan fingerprint density at radius 3 is 2.76 bits per heavy atom. The van der Waals surface area contributed by atoms with Crippen LogP contribution in [0.3, 0.4) is 0 Å². The molecule has 0 amide bonds. The van der Waals surface area contributed by atoms with Crippen molar-refractivity contribution in [1.82, 2.24) is 0 Å². The van der Waals surface area contributed by atoms with Gasteiger partial charge in [-0.1, -0.05) is 6.07 Å². The third-order valence-electron chi connectivity index (χ3n) is 2.94. The van der Waals surface area contributed by atoms with E-state index in [-0.39, 0.29) is 17.3 Å². The van der Waals surface area contributed by atoms with Gasteiger partial charge in [0.1, 0.15) is 20.8 Å². The summed E-state index contributed by atoms with van der Waals surface area (Å²) in [7, 11) is -3.01. The van der Waals surface area contributed by atoms with E-state index in [2.05, 4.69) is 0 Å². The summed E-state index contributed by atoms with van der Waals surface area (Å²) in [5.41, 5.74) is 0. The standard InChI is InChI=1S/C11H14O4S2/c1-17(13,14)9-5-4-8(7-9)15-11(12)10-3-2-6-16-10/h2-3,6,8-9H,4-5,7H2,1H3/t8-,9+/m0/s1. The molecule has 0 saturated heterocycles. The molecule has 17 heavy (non-hydrogen) atoms. The minimum atomic E-state index is -3.01. The van der Waals surface area contributed by atoms with Crippen LogP contribution in [0.1, 0.15) is 28.9 Å². The Morgan fingerprint density at radius 2 is 2.24 bits per heavy atom. The van der Waals surface area contributed by atoms with Crippen LogP contribution in [0.25, 0.3) is 0 Å². The molecular formula is C11H14O4S2. The van der Waals surface area contributed by atoms with Gasteiger partial charge in [-0.2, -0.15) is 0 Å². The molecule has 1 aromatic heterocycles. The number of esters is 1. The minimum absolute atomic E-state index is 0.260. The molecule has 0 aromatic carbocycles. The average molecular weight is 274 g/mol. The van der Waals surface area contributed by atoms with Crippen LogP contribution in [-0.4, -0.2) is 32.0 Å². The average Bonchev–Trinajstić information content (AvgIpc) is 2.85. The molecule has 2 rings (SSSR count). The largest absolute Gasteiger partial charge is 0.458 e. The number of carbonyl (C=O) groups excluding carboxylic acids is 1. The molecule has 0 bridgehead atoms. The molecule has 0 N–H and O–H groups in total. The molecule has 1 aromatic rings. The number of hydrogen-bond donors (Lipinski definition) is 0. The van der Waals surface area contributed by atoms with Gasteiger partial charge >= 0.3 is 5.97 Å². The maximum Gasteiger partial charge on any atom is 0.348 e. The Hall–Kier alpha value is -0.880. The van der Waals surface area contributed by atoms with E-state index in [0.717, 1.165) is 0 Å². The normalized spacial score (nSPS) is 24.8. The maximum absolute atomic E-state index is 11.7. The highest BCUT2D eigenvalue weighted by atomic mass is 32.2. The van der Waals surface area contributed by atoms with Gasteiger partial charge in [-0.3, -0.25) is 0 Å². The number of rotatable bonds is 3. The lowest BCUT2D eigenvalue weighted by atomic mass is 10.3. The number of carbonyl (C=O) groups is 1. The summed E-state index contributed by atoms with van der Waals surface area (Å²) >= 11 is 1.33. The van der Waals surface area contributed by atoms with E-state index in [1.165, 1.54) is 17.6 Å². The summed E-state index contributed by atoms with van der Waals surface area (Å²) in [5, 5.41) is 1.45. The van der Waals surface area contributed by atoms with Crippen molar-refractivity contribution in [2.24, 2.45) is 0 Å². The molecule has 1 saturated carbocycles. The van der Waals surface area contributed by atoms with E-state index in [1.54, 1.807) is 12.1 Å². The van der Waals surface area contributed by atoms with Crippen molar-refractivity contribution >= 4 is 27.1 Å². The zero-order valence-electron chi connectivity index (χ0n) is 9.46. The second-order valence-electron chi connectivity index (χ2n) is 4.27. The molecule has 1 fully saturated rings. The summed E-state index contributed by atoms with van der Waals surface area (Å²) in [6.07, 6.45) is 2.62. The Labute approximate surface area is 105 Å². The van der Waals surface area contributed by atoms with Crippen molar-refractivity contribution in [3.63, 3.8) is 0 Å². The van der Waals surface area contributed by atoms with Gasteiger partial charge in [0.2, 0.25) is 0 Å². The van der Waals surface area contributed by atoms with Crippen LogP contribution in [0.5, 0.6) is 0 Å².